The van der Waals surface area contributed by atoms with E-state index in [-0.39, 0.29) is 18.0 Å². The lowest BCUT2D eigenvalue weighted by Gasteiger charge is -2.08. The van der Waals surface area contributed by atoms with Crippen LogP contribution in [0.15, 0.2) is 42.6 Å². The molecule has 1 heterocycles. The van der Waals surface area contributed by atoms with E-state index in [1.165, 1.54) is 19.2 Å². The van der Waals surface area contributed by atoms with Crippen LogP contribution in [0.3, 0.4) is 0 Å². The number of hydrogen-bond donors (Lipinski definition) is 1. The number of carbonyl (C=O) groups excluding carboxylic acids is 1. The Hall–Kier alpha value is -2.33. The summed E-state index contributed by atoms with van der Waals surface area (Å²) >= 11 is 5.92. The van der Waals surface area contributed by atoms with Gasteiger partial charge in [-0.25, -0.2) is 4.39 Å². The summed E-state index contributed by atoms with van der Waals surface area (Å²) in [6, 6.07) is 9.48. The maximum atomic E-state index is 13.2. The van der Waals surface area contributed by atoms with Crippen molar-refractivity contribution in [2.24, 2.45) is 0 Å². The average molecular weight is 318 g/mol. The zero-order valence-electron chi connectivity index (χ0n) is 11.8. The van der Waals surface area contributed by atoms with Gasteiger partial charge in [0, 0.05) is 39.7 Å². The molecule has 0 radical (unpaired) electrons. The summed E-state index contributed by atoms with van der Waals surface area (Å²) in [6.07, 6.45) is 1.79. The molecule has 22 heavy (non-hydrogen) atoms. The first-order valence-corrected chi connectivity index (χ1v) is 7.08. The fourth-order valence-electron chi connectivity index (χ4n) is 2.46. The highest BCUT2D eigenvalue weighted by Gasteiger charge is 2.15. The lowest BCUT2D eigenvalue weighted by atomic mass is 10.0. The molecule has 5 heteroatoms. The Morgan fingerprint density at radius 3 is 2.86 bits per heavy atom. The number of ketones is 1. The predicted molar refractivity (Wildman–Crippen MR) is 84.3 cm³/mol. The van der Waals surface area contributed by atoms with E-state index < -0.39 is 0 Å². The summed E-state index contributed by atoms with van der Waals surface area (Å²) in [5.74, 6) is 0.165. The molecule has 0 amide bonds. The van der Waals surface area contributed by atoms with Crippen molar-refractivity contribution in [3.8, 4) is 5.75 Å². The fraction of sp³-hybridized carbons (Fsp3) is 0.118. The first-order chi connectivity index (χ1) is 10.6. The molecule has 3 rings (SSSR count). The molecule has 0 aliphatic heterocycles. The molecule has 0 spiro atoms. The van der Waals surface area contributed by atoms with Crippen LogP contribution in [0.2, 0.25) is 5.02 Å². The molecular formula is C17H13ClFNO2. The second-order valence-corrected chi connectivity index (χ2v) is 5.38. The number of nitrogens with one attached hydrogen (secondary N) is 1. The minimum Gasteiger partial charge on any atom is -0.496 e. The van der Waals surface area contributed by atoms with Gasteiger partial charge < -0.3 is 9.72 Å². The Labute approximate surface area is 131 Å². The van der Waals surface area contributed by atoms with Gasteiger partial charge in [0.05, 0.1) is 7.11 Å². The summed E-state index contributed by atoms with van der Waals surface area (Å²) in [6.45, 7) is 0. The van der Waals surface area contributed by atoms with Crippen molar-refractivity contribution < 1.29 is 13.9 Å². The summed E-state index contributed by atoms with van der Waals surface area (Å²) in [4.78, 5) is 15.4. The molecule has 2 aromatic carbocycles. The number of Topliss-reactive ketones (excluding diaryl/α,β-unsaturated/α-hetero) is 1. The van der Waals surface area contributed by atoms with Gasteiger partial charge in [0.15, 0.2) is 5.78 Å². The molecule has 1 N–H and O–H groups in total. The lowest BCUT2D eigenvalue weighted by Crippen LogP contribution is -2.04. The van der Waals surface area contributed by atoms with E-state index in [0.29, 0.717) is 27.2 Å². The van der Waals surface area contributed by atoms with Gasteiger partial charge in [0.1, 0.15) is 11.6 Å². The maximum Gasteiger partial charge on any atom is 0.169 e. The first-order valence-electron chi connectivity index (χ1n) is 6.70. The van der Waals surface area contributed by atoms with Crippen molar-refractivity contribution in [3.05, 3.63) is 64.6 Å². The van der Waals surface area contributed by atoms with Gasteiger partial charge in [-0.15, -0.1) is 0 Å². The Bertz CT molecular complexity index is 857. The molecule has 0 fully saturated rings. The Kier molecular flexibility index (Phi) is 3.86. The zero-order valence-corrected chi connectivity index (χ0v) is 12.6. The van der Waals surface area contributed by atoms with E-state index in [2.05, 4.69) is 4.98 Å². The third-order valence-corrected chi connectivity index (χ3v) is 3.78. The van der Waals surface area contributed by atoms with E-state index in [1.54, 1.807) is 30.5 Å². The van der Waals surface area contributed by atoms with Crippen molar-refractivity contribution in [2.75, 3.05) is 7.11 Å². The van der Waals surface area contributed by atoms with Gasteiger partial charge in [0.2, 0.25) is 0 Å². The number of ether oxygens (including phenoxy) is 1. The summed E-state index contributed by atoms with van der Waals surface area (Å²) in [5, 5.41) is 1.26. The molecule has 0 bridgehead atoms. The van der Waals surface area contributed by atoms with Crippen LogP contribution in [-0.2, 0) is 6.42 Å². The Morgan fingerprint density at radius 1 is 1.27 bits per heavy atom. The molecular weight excluding hydrogens is 305 g/mol. The molecule has 3 nitrogen and oxygen atoms in total. The largest absolute Gasteiger partial charge is 0.496 e. The van der Waals surface area contributed by atoms with Crippen LogP contribution in [0.5, 0.6) is 5.75 Å². The van der Waals surface area contributed by atoms with Crippen LogP contribution in [0.4, 0.5) is 4.39 Å². The number of rotatable bonds is 4. The maximum absolute atomic E-state index is 13.2. The summed E-state index contributed by atoms with van der Waals surface area (Å²) < 4.78 is 18.4. The standard InChI is InChI=1S/C17H13ClFNO2/c1-22-17-7-11(18)3-2-10(17)6-16(21)14-9-20-15-8-12(19)4-5-13(14)15/h2-5,7-9,20H,6H2,1H3. The van der Waals surface area contributed by atoms with Crippen molar-refractivity contribution in [1.29, 1.82) is 0 Å². The lowest BCUT2D eigenvalue weighted by molar-refractivity contribution is 0.0993. The average Bonchev–Trinajstić information content (AvgIpc) is 2.91. The fourth-order valence-corrected chi connectivity index (χ4v) is 2.62. The molecule has 0 saturated heterocycles. The highest BCUT2D eigenvalue weighted by atomic mass is 35.5. The van der Waals surface area contributed by atoms with E-state index in [1.807, 2.05) is 0 Å². The molecule has 0 saturated carbocycles. The van der Waals surface area contributed by atoms with Gasteiger partial charge in [-0.3, -0.25) is 4.79 Å². The van der Waals surface area contributed by atoms with Crippen LogP contribution in [0.1, 0.15) is 15.9 Å². The SMILES string of the molecule is COc1cc(Cl)ccc1CC(=O)c1c[nH]c2cc(F)ccc12. The minimum atomic E-state index is -0.340. The normalized spacial score (nSPS) is 10.9. The van der Waals surface area contributed by atoms with Gasteiger partial charge in [-0.05, 0) is 30.3 Å². The number of fused-ring (bicyclic) bond motifs is 1. The molecule has 3 aromatic rings. The summed E-state index contributed by atoms with van der Waals surface area (Å²) in [7, 11) is 1.54. The van der Waals surface area contributed by atoms with Crippen molar-refractivity contribution in [2.45, 2.75) is 6.42 Å². The summed E-state index contributed by atoms with van der Waals surface area (Å²) in [5.41, 5.74) is 1.90. The number of aromatic amines is 1. The minimum absolute atomic E-state index is 0.0709. The van der Waals surface area contributed by atoms with E-state index in [9.17, 15) is 9.18 Å². The third kappa shape index (κ3) is 2.70. The van der Waals surface area contributed by atoms with E-state index in [0.717, 1.165) is 5.56 Å². The smallest absolute Gasteiger partial charge is 0.169 e. The molecule has 0 aliphatic carbocycles. The highest BCUT2D eigenvalue weighted by Crippen LogP contribution is 2.26. The molecule has 0 aliphatic rings. The van der Waals surface area contributed by atoms with Crippen molar-refractivity contribution in [3.63, 3.8) is 0 Å². The Morgan fingerprint density at radius 2 is 2.09 bits per heavy atom. The van der Waals surface area contributed by atoms with Crippen LogP contribution < -0.4 is 4.74 Å². The van der Waals surface area contributed by atoms with Crippen LogP contribution in [0.25, 0.3) is 10.9 Å². The number of hydrogen-bond acceptors (Lipinski definition) is 2. The number of carbonyl (C=O) groups is 1. The number of H-pyrrole nitrogens is 1. The number of methoxy groups -OCH3 is 1. The number of aromatic nitrogens is 1. The van der Waals surface area contributed by atoms with Crippen molar-refractivity contribution >= 4 is 28.3 Å². The topological polar surface area (TPSA) is 42.1 Å². The number of benzene rings is 2. The monoisotopic (exact) mass is 317 g/mol. The molecule has 0 atom stereocenters. The van der Waals surface area contributed by atoms with Gasteiger partial charge in [-0.1, -0.05) is 17.7 Å². The number of halogens is 2. The first kappa shape index (κ1) is 14.6. The van der Waals surface area contributed by atoms with Gasteiger partial charge in [-0.2, -0.15) is 0 Å². The predicted octanol–water partition coefficient (Wildman–Crippen LogP) is 4.39. The second-order valence-electron chi connectivity index (χ2n) is 4.95. The van der Waals surface area contributed by atoms with Gasteiger partial charge >= 0.3 is 0 Å². The van der Waals surface area contributed by atoms with Gasteiger partial charge in [0.25, 0.3) is 0 Å². The van der Waals surface area contributed by atoms with E-state index in [4.69, 9.17) is 16.3 Å². The van der Waals surface area contributed by atoms with Crippen molar-refractivity contribution in [1.82, 2.24) is 4.98 Å². The van der Waals surface area contributed by atoms with Crippen LogP contribution >= 0.6 is 11.6 Å². The molecule has 112 valence electrons. The van der Waals surface area contributed by atoms with Crippen LogP contribution in [-0.4, -0.2) is 17.9 Å². The quantitative estimate of drug-likeness (QED) is 0.725. The molecule has 1 aromatic heterocycles. The molecule has 0 unspecified atom stereocenters. The zero-order chi connectivity index (χ0) is 15.7. The highest BCUT2D eigenvalue weighted by molar-refractivity contribution is 6.30. The Balaban J connectivity index is 1.94. The van der Waals surface area contributed by atoms with E-state index >= 15 is 0 Å². The second kappa shape index (κ2) is 5.81. The third-order valence-electron chi connectivity index (χ3n) is 3.54. The van der Waals surface area contributed by atoms with Crippen LogP contribution in [0, 0.1) is 5.82 Å².